The van der Waals surface area contributed by atoms with Gasteiger partial charge in [-0.15, -0.1) is 0 Å². The van der Waals surface area contributed by atoms with Gasteiger partial charge < -0.3 is 10.4 Å². The molecule has 3 nitrogen and oxygen atoms in total. The fraction of sp³-hybridized carbons (Fsp3) is 0.842. The third-order valence-electron chi connectivity index (χ3n) is 7.10. The number of allylic oxidation sites excluding steroid dienone is 2. The monoisotopic (exact) mass is 321 g/mol. The van der Waals surface area contributed by atoms with Gasteiger partial charge in [-0.3, -0.25) is 4.79 Å². The van der Waals surface area contributed by atoms with Crippen molar-refractivity contribution in [1.29, 1.82) is 0 Å². The van der Waals surface area contributed by atoms with E-state index < -0.39 is 12.1 Å². The Morgan fingerprint density at radius 2 is 1.83 bits per heavy atom. The van der Waals surface area contributed by atoms with Gasteiger partial charge >= 0.3 is 5.97 Å². The number of carboxylic acid groups (broad SMARTS) is 1. The van der Waals surface area contributed by atoms with Crippen LogP contribution in [0.4, 0.5) is 4.39 Å². The summed E-state index contributed by atoms with van der Waals surface area (Å²) in [6.07, 6.45) is 11.5. The van der Waals surface area contributed by atoms with Gasteiger partial charge in [0.15, 0.2) is 0 Å². The molecule has 6 unspecified atom stereocenters. The minimum Gasteiger partial charge on any atom is -0.481 e. The fourth-order valence-corrected chi connectivity index (χ4v) is 5.93. The van der Waals surface area contributed by atoms with Crippen LogP contribution in [0.25, 0.3) is 0 Å². The van der Waals surface area contributed by atoms with Gasteiger partial charge in [0.2, 0.25) is 0 Å². The van der Waals surface area contributed by atoms with Gasteiger partial charge in [0, 0.05) is 12.1 Å². The molecule has 4 heteroatoms. The van der Waals surface area contributed by atoms with Crippen LogP contribution in [-0.2, 0) is 4.79 Å². The van der Waals surface area contributed by atoms with E-state index in [9.17, 15) is 14.3 Å². The van der Waals surface area contributed by atoms with Gasteiger partial charge in [-0.05, 0) is 68.6 Å². The molecule has 1 heterocycles. The van der Waals surface area contributed by atoms with Crippen LogP contribution in [-0.4, -0.2) is 29.3 Å². The maximum atomic E-state index is 14.5. The molecule has 2 saturated carbocycles. The lowest BCUT2D eigenvalue weighted by molar-refractivity contribution is -0.143. The van der Waals surface area contributed by atoms with Gasteiger partial charge in [0.25, 0.3) is 0 Å². The number of fused-ring (bicyclic) bond motifs is 3. The lowest BCUT2D eigenvalue weighted by Gasteiger charge is -2.51. The lowest BCUT2D eigenvalue weighted by Crippen LogP contribution is -2.62. The molecule has 3 fully saturated rings. The summed E-state index contributed by atoms with van der Waals surface area (Å²) in [4.78, 5) is 11.2. The van der Waals surface area contributed by atoms with E-state index in [0.29, 0.717) is 36.1 Å². The maximum Gasteiger partial charge on any atom is 0.306 e. The number of carboxylic acids is 1. The Balaban J connectivity index is 1.49. The van der Waals surface area contributed by atoms with Crippen molar-refractivity contribution in [3.05, 3.63) is 12.2 Å². The van der Waals surface area contributed by atoms with Gasteiger partial charge in [0.05, 0.1) is 5.92 Å². The van der Waals surface area contributed by atoms with E-state index in [0.717, 1.165) is 44.9 Å². The standard InChI is InChI=1S/C19H28FNO2/c20-16-6-2-5-15-13-3-1-4-14(13)17(21-18(15)16)11-7-9-12(10-8-11)19(22)23/h1,3,11-18,21H,2,4-10H2,(H,22,23). The average molecular weight is 321 g/mol. The van der Waals surface area contributed by atoms with Gasteiger partial charge in [-0.1, -0.05) is 18.6 Å². The molecular weight excluding hydrogens is 293 g/mol. The summed E-state index contributed by atoms with van der Waals surface area (Å²) in [7, 11) is 0. The summed E-state index contributed by atoms with van der Waals surface area (Å²) >= 11 is 0. The molecule has 1 saturated heterocycles. The predicted octanol–water partition coefficient (Wildman–Crippen LogP) is 3.55. The highest BCUT2D eigenvalue weighted by Crippen LogP contribution is 2.48. The first kappa shape index (κ1) is 15.6. The molecule has 3 aliphatic carbocycles. The predicted molar refractivity (Wildman–Crippen MR) is 86.8 cm³/mol. The molecule has 0 aromatic heterocycles. The molecule has 1 aliphatic heterocycles. The third kappa shape index (κ3) is 2.73. The average Bonchev–Trinajstić information content (AvgIpc) is 3.04. The summed E-state index contributed by atoms with van der Waals surface area (Å²) in [5.41, 5.74) is 0. The highest BCUT2D eigenvalue weighted by atomic mass is 19.1. The molecule has 0 radical (unpaired) electrons. The summed E-state index contributed by atoms with van der Waals surface area (Å²) in [5.74, 6) is 1.33. The number of alkyl halides is 1. The minimum absolute atomic E-state index is 0.0231. The van der Waals surface area contributed by atoms with E-state index in [1.54, 1.807) is 0 Å². The van der Waals surface area contributed by atoms with E-state index in [1.165, 1.54) is 0 Å². The molecule has 23 heavy (non-hydrogen) atoms. The Bertz CT molecular complexity index is 486. The number of hydrogen-bond donors (Lipinski definition) is 2. The molecule has 4 rings (SSSR count). The van der Waals surface area contributed by atoms with E-state index in [-0.39, 0.29) is 12.0 Å². The van der Waals surface area contributed by atoms with Crippen LogP contribution in [0.1, 0.15) is 51.4 Å². The number of carbonyl (C=O) groups is 1. The summed E-state index contributed by atoms with van der Waals surface area (Å²) in [5, 5.41) is 12.9. The van der Waals surface area contributed by atoms with Crippen molar-refractivity contribution in [3.8, 4) is 0 Å². The van der Waals surface area contributed by atoms with Crippen molar-refractivity contribution in [1.82, 2.24) is 5.32 Å². The molecule has 2 N–H and O–H groups in total. The first-order valence-corrected chi connectivity index (χ1v) is 9.44. The third-order valence-corrected chi connectivity index (χ3v) is 7.10. The van der Waals surface area contributed by atoms with Crippen molar-refractivity contribution in [3.63, 3.8) is 0 Å². The second kappa shape index (κ2) is 6.19. The fourth-order valence-electron chi connectivity index (χ4n) is 5.93. The SMILES string of the molecule is O=C(O)C1CCC(C2NC3C(F)CCCC3C3C=CCC32)CC1. The quantitative estimate of drug-likeness (QED) is 0.765. The molecule has 0 amide bonds. The van der Waals surface area contributed by atoms with E-state index in [1.807, 2.05) is 0 Å². The highest BCUT2D eigenvalue weighted by molar-refractivity contribution is 5.70. The van der Waals surface area contributed by atoms with Crippen LogP contribution in [0, 0.1) is 29.6 Å². The van der Waals surface area contributed by atoms with Gasteiger partial charge in [0.1, 0.15) is 6.17 Å². The Hall–Kier alpha value is -0.900. The summed E-state index contributed by atoms with van der Waals surface area (Å²) < 4.78 is 14.5. The number of aliphatic carboxylic acids is 1. The Morgan fingerprint density at radius 1 is 1.04 bits per heavy atom. The number of rotatable bonds is 2. The second-order valence-electron chi connectivity index (χ2n) is 8.18. The van der Waals surface area contributed by atoms with Crippen LogP contribution < -0.4 is 5.32 Å². The summed E-state index contributed by atoms with van der Waals surface area (Å²) in [6.45, 7) is 0. The first-order chi connectivity index (χ1) is 11.1. The number of hydrogen-bond acceptors (Lipinski definition) is 2. The van der Waals surface area contributed by atoms with E-state index in [2.05, 4.69) is 17.5 Å². The first-order valence-electron chi connectivity index (χ1n) is 9.44. The van der Waals surface area contributed by atoms with Gasteiger partial charge in [-0.25, -0.2) is 4.39 Å². The molecule has 0 aromatic carbocycles. The molecule has 0 spiro atoms. The normalized spacial score (nSPS) is 49.4. The Kier molecular flexibility index (Phi) is 4.21. The topological polar surface area (TPSA) is 49.3 Å². The van der Waals surface area contributed by atoms with E-state index >= 15 is 0 Å². The van der Waals surface area contributed by atoms with Crippen LogP contribution in [0.15, 0.2) is 12.2 Å². The highest BCUT2D eigenvalue weighted by Gasteiger charge is 2.50. The number of nitrogens with one attached hydrogen (secondary N) is 1. The van der Waals surface area contributed by atoms with Gasteiger partial charge in [-0.2, -0.15) is 0 Å². The molecule has 128 valence electrons. The summed E-state index contributed by atoms with van der Waals surface area (Å²) in [6, 6.07) is 0.400. The molecule has 6 atom stereocenters. The number of halogens is 1. The molecular formula is C19H28FNO2. The van der Waals surface area contributed by atoms with Crippen molar-refractivity contribution < 1.29 is 14.3 Å². The smallest absolute Gasteiger partial charge is 0.306 e. The number of piperidine rings is 1. The van der Waals surface area contributed by atoms with Crippen LogP contribution in [0.5, 0.6) is 0 Å². The van der Waals surface area contributed by atoms with E-state index in [4.69, 9.17) is 0 Å². The second-order valence-corrected chi connectivity index (χ2v) is 8.18. The molecule has 4 aliphatic rings. The van der Waals surface area contributed by atoms with Crippen molar-refractivity contribution >= 4 is 5.97 Å². The van der Waals surface area contributed by atoms with Crippen LogP contribution >= 0.6 is 0 Å². The Morgan fingerprint density at radius 3 is 2.57 bits per heavy atom. The van der Waals surface area contributed by atoms with Crippen molar-refractivity contribution in [2.24, 2.45) is 29.6 Å². The minimum atomic E-state index is -0.707. The molecule has 0 bridgehead atoms. The maximum absolute atomic E-state index is 14.5. The lowest BCUT2D eigenvalue weighted by atomic mass is 9.63. The zero-order chi connectivity index (χ0) is 16.0. The zero-order valence-electron chi connectivity index (χ0n) is 13.7. The van der Waals surface area contributed by atoms with Crippen LogP contribution in [0.2, 0.25) is 0 Å². The van der Waals surface area contributed by atoms with Crippen molar-refractivity contribution in [2.45, 2.75) is 69.6 Å². The largest absolute Gasteiger partial charge is 0.481 e. The van der Waals surface area contributed by atoms with Crippen molar-refractivity contribution in [2.75, 3.05) is 0 Å². The molecule has 0 aromatic rings. The van der Waals surface area contributed by atoms with Crippen LogP contribution in [0.3, 0.4) is 0 Å². The zero-order valence-corrected chi connectivity index (χ0v) is 13.7. The Labute approximate surface area is 137 Å².